The van der Waals surface area contributed by atoms with Crippen molar-refractivity contribution in [1.29, 1.82) is 0 Å². The molecule has 1 aromatic heterocycles. The molecule has 11 heteroatoms. The minimum absolute atomic E-state index is 0.125. The van der Waals surface area contributed by atoms with Gasteiger partial charge in [0.15, 0.2) is 16.7 Å². The number of ketones is 1. The minimum atomic E-state index is -2.28. The Morgan fingerprint density at radius 3 is 2.61 bits per heavy atom. The Morgan fingerprint density at radius 2 is 1.97 bits per heavy atom. The SMILES string of the molecule is CC[C@H](NC(=O)C(CC(=O)N1CCOCC1)CS(=O)O)C(=O)c1nc2ccccc2o1. The van der Waals surface area contributed by atoms with Crippen LogP contribution in [0.1, 0.15) is 30.5 Å². The zero-order valence-electron chi connectivity index (χ0n) is 17.1. The van der Waals surface area contributed by atoms with E-state index in [1.54, 1.807) is 36.1 Å². The predicted molar refractivity (Wildman–Crippen MR) is 112 cm³/mol. The van der Waals surface area contributed by atoms with Gasteiger partial charge in [-0.25, -0.2) is 9.19 Å². The van der Waals surface area contributed by atoms with Gasteiger partial charge < -0.3 is 23.9 Å². The number of ether oxygens (including phenoxy) is 1. The summed E-state index contributed by atoms with van der Waals surface area (Å²) >= 11 is -2.28. The van der Waals surface area contributed by atoms with E-state index in [2.05, 4.69) is 10.3 Å². The molecule has 2 unspecified atom stereocenters. The Hall–Kier alpha value is -2.63. The number of morpholine rings is 1. The van der Waals surface area contributed by atoms with Crippen LogP contribution in [0.3, 0.4) is 0 Å². The van der Waals surface area contributed by atoms with Crippen LogP contribution < -0.4 is 5.32 Å². The first kappa shape index (κ1) is 23.0. The smallest absolute Gasteiger partial charge is 0.266 e. The summed E-state index contributed by atoms with van der Waals surface area (Å²) in [4.78, 5) is 43.9. The molecule has 1 aliphatic heterocycles. The first-order valence-electron chi connectivity index (χ1n) is 10.0. The highest BCUT2D eigenvalue weighted by atomic mass is 32.2. The number of para-hydroxylation sites is 2. The van der Waals surface area contributed by atoms with Gasteiger partial charge in [-0.15, -0.1) is 0 Å². The van der Waals surface area contributed by atoms with Crippen molar-refractivity contribution < 1.29 is 32.3 Å². The first-order valence-corrected chi connectivity index (χ1v) is 11.3. The summed E-state index contributed by atoms with van der Waals surface area (Å²) in [7, 11) is 0. The third kappa shape index (κ3) is 5.96. The number of rotatable bonds is 9. The molecule has 0 saturated carbocycles. The average molecular weight is 452 g/mol. The molecule has 2 amide bonds. The van der Waals surface area contributed by atoms with Crippen molar-refractivity contribution in [3.63, 3.8) is 0 Å². The molecule has 0 aliphatic carbocycles. The molecule has 0 spiro atoms. The van der Waals surface area contributed by atoms with Gasteiger partial charge in [0, 0.05) is 19.5 Å². The van der Waals surface area contributed by atoms with Crippen LogP contribution in [0.15, 0.2) is 28.7 Å². The summed E-state index contributed by atoms with van der Waals surface area (Å²) in [5.74, 6) is -3.02. The second-order valence-corrected chi connectivity index (χ2v) is 8.18. The van der Waals surface area contributed by atoms with E-state index in [0.717, 1.165) is 0 Å². The molecule has 3 atom stereocenters. The largest absolute Gasteiger partial charge is 0.434 e. The zero-order valence-corrected chi connectivity index (χ0v) is 17.9. The fraction of sp³-hybridized carbons (Fsp3) is 0.500. The molecule has 1 fully saturated rings. The molecule has 1 aromatic carbocycles. The Labute approximate surface area is 181 Å². The summed E-state index contributed by atoms with van der Waals surface area (Å²) in [5.41, 5.74) is 0.980. The molecule has 2 N–H and O–H groups in total. The fourth-order valence-electron chi connectivity index (χ4n) is 3.32. The monoisotopic (exact) mass is 451 g/mol. The molecule has 0 radical (unpaired) electrons. The van der Waals surface area contributed by atoms with Gasteiger partial charge in [-0.05, 0) is 18.6 Å². The van der Waals surface area contributed by atoms with E-state index in [1.807, 2.05) is 0 Å². The molecule has 1 saturated heterocycles. The van der Waals surface area contributed by atoms with Crippen LogP contribution in [0.5, 0.6) is 0 Å². The van der Waals surface area contributed by atoms with Gasteiger partial charge in [-0.2, -0.15) is 0 Å². The Morgan fingerprint density at radius 1 is 1.26 bits per heavy atom. The second-order valence-electron chi connectivity index (χ2n) is 7.20. The number of hydrogen-bond acceptors (Lipinski definition) is 7. The van der Waals surface area contributed by atoms with Gasteiger partial charge in [0.25, 0.3) is 5.89 Å². The number of nitrogens with zero attached hydrogens (tertiary/aromatic N) is 2. The first-order chi connectivity index (χ1) is 14.9. The fourth-order valence-corrected chi connectivity index (χ4v) is 3.93. The lowest BCUT2D eigenvalue weighted by atomic mass is 10.0. The predicted octanol–water partition coefficient (Wildman–Crippen LogP) is 0.992. The number of carbonyl (C=O) groups is 3. The van der Waals surface area contributed by atoms with Crippen LogP contribution in [0, 0.1) is 5.92 Å². The number of carbonyl (C=O) groups excluding carboxylic acids is 3. The van der Waals surface area contributed by atoms with Crippen LogP contribution in [0.2, 0.25) is 0 Å². The molecule has 2 heterocycles. The van der Waals surface area contributed by atoms with Gasteiger partial charge in [0.2, 0.25) is 17.6 Å². The van der Waals surface area contributed by atoms with Crippen molar-refractivity contribution in [3.8, 4) is 0 Å². The summed E-state index contributed by atoms with van der Waals surface area (Å²) < 4.78 is 31.4. The van der Waals surface area contributed by atoms with E-state index < -0.39 is 40.5 Å². The molecule has 0 bridgehead atoms. The summed E-state index contributed by atoms with van der Waals surface area (Å²) in [6.07, 6.45) is 0.0291. The highest BCUT2D eigenvalue weighted by Crippen LogP contribution is 2.17. The summed E-state index contributed by atoms with van der Waals surface area (Å²) in [5, 5.41) is 2.59. The highest BCUT2D eigenvalue weighted by Gasteiger charge is 2.31. The van der Waals surface area contributed by atoms with E-state index in [1.165, 1.54) is 0 Å². The van der Waals surface area contributed by atoms with E-state index >= 15 is 0 Å². The van der Waals surface area contributed by atoms with Gasteiger partial charge >= 0.3 is 0 Å². The van der Waals surface area contributed by atoms with Crippen molar-refractivity contribution in [2.45, 2.75) is 25.8 Å². The van der Waals surface area contributed by atoms with Crippen LogP contribution >= 0.6 is 0 Å². The minimum Gasteiger partial charge on any atom is -0.434 e. The van der Waals surface area contributed by atoms with Crippen molar-refractivity contribution in [2.24, 2.45) is 5.92 Å². The van der Waals surface area contributed by atoms with E-state index in [4.69, 9.17) is 9.15 Å². The molecular weight excluding hydrogens is 426 g/mol. The van der Waals surface area contributed by atoms with Crippen molar-refractivity contribution in [2.75, 3.05) is 32.1 Å². The maximum absolute atomic E-state index is 12.8. The number of Topliss-reactive ketones (excluding diaryl/α,β-unsaturated/α-hetero) is 1. The number of oxazole rings is 1. The summed E-state index contributed by atoms with van der Waals surface area (Å²) in [6.45, 7) is 3.34. The number of benzene rings is 1. The van der Waals surface area contributed by atoms with Gasteiger partial charge in [0.05, 0.1) is 30.9 Å². The lowest BCUT2D eigenvalue weighted by molar-refractivity contribution is -0.139. The van der Waals surface area contributed by atoms with Gasteiger partial charge in [-0.3, -0.25) is 14.4 Å². The number of hydrogen-bond donors (Lipinski definition) is 2. The molecular formula is C20H25N3O7S. The lowest BCUT2D eigenvalue weighted by Gasteiger charge is -2.28. The third-order valence-corrected chi connectivity index (χ3v) is 5.73. The number of amides is 2. The number of fused-ring (bicyclic) bond motifs is 1. The standard InChI is InChI=1S/C20H25N3O7S/c1-2-14(18(25)20-22-15-5-3-4-6-16(15)30-20)21-19(26)13(12-31(27)28)11-17(24)23-7-9-29-10-8-23/h3-6,13-14H,2,7-12H2,1H3,(H,21,26)(H,27,28)/t13?,14-/m0/s1. The van der Waals surface area contributed by atoms with Crippen LogP contribution in [-0.2, 0) is 25.4 Å². The van der Waals surface area contributed by atoms with E-state index in [-0.39, 0.29) is 24.6 Å². The number of nitrogens with one attached hydrogen (secondary N) is 1. The Kier molecular flexibility index (Phi) is 7.88. The summed E-state index contributed by atoms with van der Waals surface area (Å²) in [6, 6.07) is 5.98. The molecule has 1 aliphatic rings. The van der Waals surface area contributed by atoms with Crippen molar-refractivity contribution in [3.05, 3.63) is 30.2 Å². The van der Waals surface area contributed by atoms with Crippen LogP contribution in [0.25, 0.3) is 11.1 Å². The zero-order chi connectivity index (χ0) is 22.4. The Bertz CT molecular complexity index is 938. The topological polar surface area (TPSA) is 139 Å². The Balaban J connectivity index is 1.69. The van der Waals surface area contributed by atoms with E-state index in [0.29, 0.717) is 37.4 Å². The van der Waals surface area contributed by atoms with Gasteiger partial charge in [-0.1, -0.05) is 19.1 Å². The molecule has 3 rings (SSSR count). The molecule has 31 heavy (non-hydrogen) atoms. The maximum Gasteiger partial charge on any atom is 0.266 e. The maximum atomic E-state index is 12.8. The van der Waals surface area contributed by atoms with E-state index in [9.17, 15) is 23.1 Å². The van der Waals surface area contributed by atoms with Gasteiger partial charge in [0.1, 0.15) is 5.52 Å². The van der Waals surface area contributed by atoms with Crippen molar-refractivity contribution >= 4 is 39.8 Å². The third-order valence-electron chi connectivity index (χ3n) is 5.05. The molecule has 2 aromatic rings. The number of aromatic nitrogens is 1. The average Bonchev–Trinajstić information content (AvgIpc) is 3.21. The molecule has 10 nitrogen and oxygen atoms in total. The molecule has 168 valence electrons. The normalized spacial score (nSPS) is 17.2. The lowest BCUT2D eigenvalue weighted by Crippen LogP contribution is -2.47. The van der Waals surface area contributed by atoms with Crippen LogP contribution in [-0.4, -0.2) is 74.3 Å². The highest BCUT2D eigenvalue weighted by molar-refractivity contribution is 7.79. The van der Waals surface area contributed by atoms with Crippen LogP contribution in [0.4, 0.5) is 0 Å². The quantitative estimate of drug-likeness (QED) is 0.425. The van der Waals surface area contributed by atoms with Crippen molar-refractivity contribution in [1.82, 2.24) is 15.2 Å². The second kappa shape index (κ2) is 10.6.